The van der Waals surface area contributed by atoms with Gasteiger partial charge in [0.15, 0.2) is 0 Å². The molecule has 0 heterocycles. The number of thioether (sulfide) groups is 1. The molecule has 4 nitrogen and oxygen atoms in total. The van der Waals surface area contributed by atoms with Crippen molar-refractivity contribution in [2.75, 3.05) is 26.0 Å². The van der Waals surface area contributed by atoms with E-state index in [0.29, 0.717) is 18.9 Å². The highest BCUT2D eigenvalue weighted by atomic mass is 32.2. The number of carbonyl (C=O) groups is 1. The molecule has 0 bridgehead atoms. The molecule has 0 atom stereocenters. The molecule has 0 aliphatic heterocycles. The second-order valence-corrected chi connectivity index (χ2v) is 5.52. The summed E-state index contributed by atoms with van der Waals surface area (Å²) in [6, 6.07) is 17.2. The number of ether oxygens (including phenoxy) is 2. The fourth-order valence-corrected chi connectivity index (χ4v) is 2.50. The van der Waals surface area contributed by atoms with E-state index in [1.807, 2.05) is 54.6 Å². The summed E-state index contributed by atoms with van der Waals surface area (Å²) in [6.45, 7) is 0.925. The van der Waals surface area contributed by atoms with Gasteiger partial charge in [-0.25, -0.2) is 0 Å². The van der Waals surface area contributed by atoms with E-state index in [4.69, 9.17) is 9.47 Å². The number of hydrogen-bond donors (Lipinski definition) is 1. The van der Waals surface area contributed by atoms with E-state index in [1.54, 1.807) is 7.11 Å². The minimum Gasteiger partial charge on any atom is -0.497 e. The molecule has 0 aliphatic rings. The number of methoxy groups -OCH3 is 1. The fourth-order valence-electron chi connectivity index (χ4n) is 1.75. The van der Waals surface area contributed by atoms with Gasteiger partial charge in [-0.05, 0) is 36.4 Å². The van der Waals surface area contributed by atoms with Gasteiger partial charge in [-0.2, -0.15) is 0 Å². The maximum Gasteiger partial charge on any atom is 0.230 e. The van der Waals surface area contributed by atoms with Crippen LogP contribution in [0, 0.1) is 0 Å². The first kappa shape index (κ1) is 16.2. The summed E-state index contributed by atoms with van der Waals surface area (Å²) >= 11 is 1.52. The van der Waals surface area contributed by atoms with Crippen molar-refractivity contribution in [1.82, 2.24) is 5.32 Å². The third-order valence-electron chi connectivity index (χ3n) is 2.87. The first-order valence-corrected chi connectivity index (χ1v) is 7.98. The number of rotatable bonds is 8. The summed E-state index contributed by atoms with van der Waals surface area (Å²) in [7, 11) is 1.62. The van der Waals surface area contributed by atoms with Crippen molar-refractivity contribution in [3.05, 3.63) is 54.6 Å². The summed E-state index contributed by atoms with van der Waals surface area (Å²) in [6.07, 6.45) is 0. The highest BCUT2D eigenvalue weighted by Gasteiger charge is 2.02. The lowest BCUT2D eigenvalue weighted by Crippen LogP contribution is -2.29. The second-order valence-electron chi connectivity index (χ2n) is 4.48. The molecule has 2 rings (SSSR count). The third-order valence-corrected chi connectivity index (χ3v) is 3.88. The molecule has 0 aromatic heterocycles. The number of benzene rings is 2. The first-order chi connectivity index (χ1) is 10.8. The predicted octanol–water partition coefficient (Wildman–Crippen LogP) is 2.98. The van der Waals surface area contributed by atoms with Gasteiger partial charge in [0.05, 0.1) is 19.4 Å². The van der Waals surface area contributed by atoms with Crippen LogP contribution in [-0.4, -0.2) is 31.9 Å². The van der Waals surface area contributed by atoms with Crippen molar-refractivity contribution in [3.63, 3.8) is 0 Å². The fraction of sp³-hybridized carbons (Fsp3) is 0.235. The van der Waals surface area contributed by atoms with Crippen LogP contribution in [0.3, 0.4) is 0 Å². The van der Waals surface area contributed by atoms with Crippen LogP contribution in [0.2, 0.25) is 0 Å². The van der Waals surface area contributed by atoms with Crippen LogP contribution in [0.15, 0.2) is 59.5 Å². The van der Waals surface area contributed by atoms with Crippen LogP contribution < -0.4 is 14.8 Å². The van der Waals surface area contributed by atoms with Gasteiger partial charge in [0.25, 0.3) is 0 Å². The second kappa shape index (κ2) is 9.00. The van der Waals surface area contributed by atoms with Crippen LogP contribution in [0.4, 0.5) is 0 Å². The molecule has 0 fully saturated rings. The molecule has 0 aliphatic carbocycles. The maximum absolute atomic E-state index is 11.7. The highest BCUT2D eigenvalue weighted by Crippen LogP contribution is 2.17. The summed E-state index contributed by atoms with van der Waals surface area (Å²) in [5, 5.41) is 2.84. The average molecular weight is 317 g/mol. The van der Waals surface area contributed by atoms with Crippen molar-refractivity contribution in [3.8, 4) is 11.5 Å². The molecule has 0 spiro atoms. The SMILES string of the molecule is COc1ccc(OCCNC(=O)CSc2ccccc2)cc1. The van der Waals surface area contributed by atoms with E-state index >= 15 is 0 Å². The number of hydrogen-bond acceptors (Lipinski definition) is 4. The van der Waals surface area contributed by atoms with Crippen LogP contribution in [0.25, 0.3) is 0 Å². The molecule has 5 heteroatoms. The Morgan fingerprint density at radius 3 is 2.41 bits per heavy atom. The molecule has 1 N–H and O–H groups in total. The Morgan fingerprint density at radius 1 is 1.05 bits per heavy atom. The first-order valence-electron chi connectivity index (χ1n) is 6.99. The highest BCUT2D eigenvalue weighted by molar-refractivity contribution is 8.00. The largest absolute Gasteiger partial charge is 0.497 e. The smallest absolute Gasteiger partial charge is 0.230 e. The van der Waals surface area contributed by atoms with E-state index in [2.05, 4.69) is 5.32 Å². The van der Waals surface area contributed by atoms with Crippen LogP contribution >= 0.6 is 11.8 Å². The van der Waals surface area contributed by atoms with Crippen molar-refractivity contribution < 1.29 is 14.3 Å². The van der Waals surface area contributed by atoms with Crippen molar-refractivity contribution in [1.29, 1.82) is 0 Å². The van der Waals surface area contributed by atoms with Gasteiger partial charge in [-0.1, -0.05) is 18.2 Å². The van der Waals surface area contributed by atoms with Crippen molar-refractivity contribution in [2.24, 2.45) is 0 Å². The quantitative estimate of drug-likeness (QED) is 0.601. The zero-order valence-corrected chi connectivity index (χ0v) is 13.3. The summed E-state index contributed by atoms with van der Waals surface area (Å²) in [5.74, 6) is 1.96. The topological polar surface area (TPSA) is 47.6 Å². The van der Waals surface area contributed by atoms with Gasteiger partial charge in [0.2, 0.25) is 5.91 Å². The predicted molar refractivity (Wildman–Crippen MR) is 88.7 cm³/mol. The Balaban J connectivity index is 1.60. The lowest BCUT2D eigenvalue weighted by molar-refractivity contribution is -0.118. The molecule has 0 saturated carbocycles. The van der Waals surface area contributed by atoms with Gasteiger partial charge in [-0.3, -0.25) is 4.79 Å². The van der Waals surface area contributed by atoms with Gasteiger partial charge in [0.1, 0.15) is 18.1 Å². The minimum absolute atomic E-state index is 0.00665. The molecule has 22 heavy (non-hydrogen) atoms. The molecule has 2 aromatic rings. The van der Waals surface area contributed by atoms with Gasteiger partial charge < -0.3 is 14.8 Å². The Kier molecular flexibility index (Phi) is 6.64. The zero-order valence-electron chi connectivity index (χ0n) is 12.5. The number of carbonyl (C=O) groups excluding carboxylic acids is 1. The molecule has 0 radical (unpaired) electrons. The lowest BCUT2D eigenvalue weighted by Gasteiger charge is -2.08. The van der Waals surface area contributed by atoms with Crippen LogP contribution in [0.1, 0.15) is 0 Å². The Morgan fingerprint density at radius 2 is 1.73 bits per heavy atom. The molecule has 0 saturated heterocycles. The third kappa shape index (κ3) is 5.69. The normalized spacial score (nSPS) is 10.0. The average Bonchev–Trinajstić information content (AvgIpc) is 2.58. The summed E-state index contributed by atoms with van der Waals surface area (Å²) in [4.78, 5) is 12.8. The van der Waals surface area contributed by atoms with E-state index in [-0.39, 0.29) is 5.91 Å². The van der Waals surface area contributed by atoms with Gasteiger partial charge >= 0.3 is 0 Å². The molecule has 116 valence electrons. The van der Waals surface area contributed by atoms with Crippen molar-refractivity contribution >= 4 is 17.7 Å². The number of nitrogens with one attached hydrogen (secondary N) is 1. The van der Waals surface area contributed by atoms with E-state index in [1.165, 1.54) is 11.8 Å². The van der Waals surface area contributed by atoms with E-state index in [9.17, 15) is 4.79 Å². The molecule has 0 unspecified atom stereocenters. The van der Waals surface area contributed by atoms with Crippen LogP contribution in [-0.2, 0) is 4.79 Å². The Bertz CT molecular complexity index is 572. The van der Waals surface area contributed by atoms with Gasteiger partial charge in [-0.15, -0.1) is 11.8 Å². The van der Waals surface area contributed by atoms with E-state index in [0.717, 1.165) is 16.4 Å². The Labute approximate surface area is 134 Å². The molecular formula is C17H19NO3S. The lowest BCUT2D eigenvalue weighted by atomic mass is 10.3. The van der Waals surface area contributed by atoms with E-state index < -0.39 is 0 Å². The monoisotopic (exact) mass is 317 g/mol. The Hall–Kier alpha value is -2.14. The maximum atomic E-state index is 11.7. The number of amides is 1. The van der Waals surface area contributed by atoms with Crippen molar-refractivity contribution in [2.45, 2.75) is 4.90 Å². The van der Waals surface area contributed by atoms with Gasteiger partial charge in [0, 0.05) is 4.90 Å². The summed E-state index contributed by atoms with van der Waals surface area (Å²) in [5.41, 5.74) is 0. The molecule has 1 amide bonds. The van der Waals surface area contributed by atoms with Crippen LogP contribution in [0.5, 0.6) is 11.5 Å². The standard InChI is InChI=1S/C17H19NO3S/c1-20-14-7-9-15(10-8-14)21-12-11-18-17(19)13-22-16-5-3-2-4-6-16/h2-10H,11-13H2,1H3,(H,18,19). The molecular weight excluding hydrogens is 298 g/mol. The summed E-state index contributed by atoms with van der Waals surface area (Å²) < 4.78 is 10.6. The zero-order chi connectivity index (χ0) is 15.6. The molecule has 2 aromatic carbocycles. The minimum atomic E-state index is 0.00665.